The molecule has 142 valence electrons. The minimum atomic E-state index is -2.74. The van der Waals surface area contributed by atoms with Gasteiger partial charge >= 0.3 is 8.80 Å². The minimum absolute atomic E-state index is 0.705. The summed E-state index contributed by atoms with van der Waals surface area (Å²) < 4.78 is 18.6. The number of hydrogen-bond acceptors (Lipinski definition) is 3. The first kappa shape index (κ1) is 22.1. The summed E-state index contributed by atoms with van der Waals surface area (Å²) in [5.74, 6) is 0. The van der Waals surface area contributed by atoms with Crippen LogP contribution in [-0.2, 0) is 19.7 Å². The van der Waals surface area contributed by atoms with Gasteiger partial charge in [-0.25, -0.2) is 0 Å². The highest BCUT2D eigenvalue weighted by molar-refractivity contribution is 6.66. The van der Waals surface area contributed by atoms with Crippen LogP contribution in [-0.4, -0.2) is 28.6 Å². The molecule has 1 aromatic rings. The average Bonchev–Trinajstić information content (AvgIpc) is 2.63. The van der Waals surface area contributed by atoms with Crippen LogP contribution in [0.4, 0.5) is 0 Å². The molecule has 0 heterocycles. The molecule has 0 aliphatic carbocycles. The van der Waals surface area contributed by atoms with Gasteiger partial charge in [0, 0.05) is 19.8 Å². The van der Waals surface area contributed by atoms with E-state index >= 15 is 0 Å². The number of benzene rings is 1. The molecule has 0 radical (unpaired) electrons. The van der Waals surface area contributed by atoms with Crippen molar-refractivity contribution in [2.75, 3.05) is 19.8 Å². The second kappa shape index (κ2) is 14.2. The molecule has 0 aliphatic rings. The highest BCUT2D eigenvalue weighted by atomic mass is 28.4. The third-order valence-corrected chi connectivity index (χ3v) is 6.39. The lowest BCUT2D eigenvalue weighted by atomic mass is 10.2. The lowest BCUT2D eigenvalue weighted by Crippen LogP contribution is -2.45. The van der Waals surface area contributed by atoms with Gasteiger partial charge in [-0.3, -0.25) is 0 Å². The highest BCUT2D eigenvalue weighted by Gasteiger charge is 2.38. The summed E-state index contributed by atoms with van der Waals surface area (Å²) >= 11 is 0. The Hall–Kier alpha value is -0.943. The van der Waals surface area contributed by atoms with Gasteiger partial charge in [-0.2, -0.15) is 0 Å². The van der Waals surface area contributed by atoms with Crippen LogP contribution in [0.3, 0.4) is 0 Å². The molecule has 0 aliphatic heterocycles. The SMILES string of the molecule is CCCCO[Si](C=CCc1ccccc1)(OCCCC)OCCCC. The Balaban J connectivity index is 2.77. The molecule has 4 heteroatoms. The normalized spacial score (nSPS) is 12.1. The molecule has 0 bridgehead atoms. The van der Waals surface area contributed by atoms with Gasteiger partial charge in [-0.05, 0) is 36.9 Å². The molecule has 0 atom stereocenters. The fraction of sp³-hybridized carbons (Fsp3) is 0.619. The molecular formula is C21H36O3Si. The van der Waals surface area contributed by atoms with Gasteiger partial charge in [0.25, 0.3) is 0 Å². The van der Waals surface area contributed by atoms with Crippen LogP contribution >= 0.6 is 0 Å². The van der Waals surface area contributed by atoms with Crippen LogP contribution in [0, 0.1) is 0 Å². The summed E-state index contributed by atoms with van der Waals surface area (Å²) in [5.41, 5.74) is 3.39. The molecule has 0 unspecified atom stereocenters. The maximum Gasteiger partial charge on any atom is 0.529 e. The molecule has 0 spiro atoms. The number of rotatable bonds is 15. The molecule has 0 aromatic heterocycles. The molecule has 0 saturated heterocycles. The van der Waals surface area contributed by atoms with E-state index in [-0.39, 0.29) is 0 Å². The van der Waals surface area contributed by atoms with E-state index in [2.05, 4.69) is 56.8 Å². The second-order valence-corrected chi connectivity index (χ2v) is 8.71. The van der Waals surface area contributed by atoms with E-state index < -0.39 is 8.80 Å². The molecular weight excluding hydrogens is 328 g/mol. The maximum atomic E-state index is 6.21. The van der Waals surface area contributed by atoms with Crippen LogP contribution in [0.5, 0.6) is 0 Å². The van der Waals surface area contributed by atoms with Gasteiger partial charge < -0.3 is 13.3 Å². The largest absolute Gasteiger partial charge is 0.529 e. The Morgan fingerprint density at radius 2 is 1.24 bits per heavy atom. The van der Waals surface area contributed by atoms with Crippen molar-refractivity contribution < 1.29 is 13.3 Å². The van der Waals surface area contributed by atoms with Crippen molar-refractivity contribution in [3.63, 3.8) is 0 Å². The first-order chi connectivity index (χ1) is 12.3. The van der Waals surface area contributed by atoms with Crippen molar-refractivity contribution in [2.45, 2.75) is 65.7 Å². The van der Waals surface area contributed by atoms with Gasteiger partial charge in [-0.1, -0.05) is 76.4 Å². The van der Waals surface area contributed by atoms with Gasteiger partial charge in [-0.15, -0.1) is 0 Å². The Labute approximate surface area is 155 Å². The van der Waals surface area contributed by atoms with Crippen LogP contribution in [0.2, 0.25) is 0 Å². The summed E-state index contributed by atoms with van der Waals surface area (Å²) in [5, 5.41) is 0. The van der Waals surface area contributed by atoms with Crippen molar-refractivity contribution >= 4 is 8.80 Å². The third-order valence-electron chi connectivity index (χ3n) is 3.92. The zero-order valence-corrected chi connectivity index (χ0v) is 17.3. The zero-order chi connectivity index (χ0) is 18.2. The number of unbranched alkanes of at least 4 members (excludes halogenated alkanes) is 3. The summed E-state index contributed by atoms with van der Waals surface area (Å²) in [7, 11) is -2.74. The summed E-state index contributed by atoms with van der Waals surface area (Å²) in [6.07, 6.45) is 9.49. The quantitative estimate of drug-likeness (QED) is 0.294. The monoisotopic (exact) mass is 364 g/mol. The van der Waals surface area contributed by atoms with Crippen molar-refractivity contribution in [1.82, 2.24) is 0 Å². The van der Waals surface area contributed by atoms with Gasteiger partial charge in [0.1, 0.15) is 0 Å². The third kappa shape index (κ3) is 9.95. The van der Waals surface area contributed by atoms with E-state index in [0.29, 0.717) is 19.8 Å². The topological polar surface area (TPSA) is 27.7 Å². The smallest absolute Gasteiger partial charge is 0.370 e. The van der Waals surface area contributed by atoms with Crippen LogP contribution < -0.4 is 0 Å². The Bertz CT molecular complexity index is 421. The summed E-state index contributed by atoms with van der Waals surface area (Å²) in [4.78, 5) is 0. The molecule has 0 amide bonds. The average molecular weight is 365 g/mol. The maximum absolute atomic E-state index is 6.21. The number of allylic oxidation sites excluding steroid dienone is 1. The van der Waals surface area contributed by atoms with E-state index in [1.165, 1.54) is 5.56 Å². The van der Waals surface area contributed by atoms with Crippen LogP contribution in [0.25, 0.3) is 0 Å². The van der Waals surface area contributed by atoms with Gasteiger partial charge in [0.15, 0.2) is 0 Å². The van der Waals surface area contributed by atoms with Crippen molar-refractivity contribution in [1.29, 1.82) is 0 Å². The highest BCUT2D eigenvalue weighted by Crippen LogP contribution is 2.16. The van der Waals surface area contributed by atoms with Crippen LogP contribution in [0.1, 0.15) is 64.9 Å². The van der Waals surface area contributed by atoms with Gasteiger partial charge in [0.2, 0.25) is 0 Å². The molecule has 1 aromatic carbocycles. The molecule has 25 heavy (non-hydrogen) atoms. The van der Waals surface area contributed by atoms with Crippen molar-refractivity contribution in [2.24, 2.45) is 0 Å². The zero-order valence-electron chi connectivity index (χ0n) is 16.3. The molecule has 3 nitrogen and oxygen atoms in total. The first-order valence-electron chi connectivity index (χ1n) is 9.89. The lowest BCUT2D eigenvalue weighted by molar-refractivity contribution is 0.0684. The summed E-state index contributed by atoms with van der Waals surface area (Å²) in [6, 6.07) is 10.5. The molecule has 0 saturated carbocycles. The Morgan fingerprint density at radius 1 is 0.760 bits per heavy atom. The predicted molar refractivity (Wildman–Crippen MR) is 108 cm³/mol. The molecule has 0 fully saturated rings. The van der Waals surface area contributed by atoms with E-state index in [9.17, 15) is 0 Å². The van der Waals surface area contributed by atoms with Crippen molar-refractivity contribution in [3.8, 4) is 0 Å². The van der Waals surface area contributed by atoms with Gasteiger partial charge in [0.05, 0.1) is 0 Å². The Morgan fingerprint density at radius 3 is 1.68 bits per heavy atom. The van der Waals surface area contributed by atoms with Crippen LogP contribution in [0.15, 0.2) is 42.1 Å². The molecule has 1 rings (SSSR count). The van der Waals surface area contributed by atoms with E-state index in [4.69, 9.17) is 13.3 Å². The molecule has 0 N–H and O–H groups in total. The lowest BCUT2D eigenvalue weighted by Gasteiger charge is -2.27. The van der Waals surface area contributed by atoms with Crippen molar-refractivity contribution in [3.05, 3.63) is 47.7 Å². The second-order valence-electron chi connectivity index (χ2n) is 6.30. The fourth-order valence-electron chi connectivity index (χ4n) is 2.30. The predicted octanol–water partition coefficient (Wildman–Crippen LogP) is 5.71. The standard InChI is InChI=1S/C21H36O3Si/c1-4-7-17-22-25(23-18-8-5-2,24-19-9-6-3)20-13-16-21-14-11-10-12-15-21/h10-15,20H,4-9,16-19H2,1-3H3. The number of hydrogen-bond donors (Lipinski definition) is 0. The fourth-order valence-corrected chi connectivity index (χ4v) is 4.53. The minimum Gasteiger partial charge on any atom is -0.370 e. The first-order valence-corrected chi connectivity index (χ1v) is 11.7. The van der Waals surface area contributed by atoms with E-state index in [1.54, 1.807) is 0 Å². The van der Waals surface area contributed by atoms with E-state index in [1.807, 2.05) is 6.07 Å². The van der Waals surface area contributed by atoms with E-state index in [0.717, 1.165) is 44.9 Å². The summed E-state index contributed by atoms with van der Waals surface area (Å²) in [6.45, 7) is 8.64. The Kier molecular flexibility index (Phi) is 12.6.